The maximum Gasteiger partial charge on any atom is 0.308 e. The molecule has 0 aliphatic rings. The number of nitrogens with one attached hydrogen (secondary N) is 1. The second-order valence-corrected chi connectivity index (χ2v) is 7.33. The fraction of sp³-hybridized carbons (Fsp3) is 0.571. The average Bonchev–Trinajstić information content (AvgIpc) is 3.06. The maximum absolute atomic E-state index is 11.8. The second-order valence-electron chi connectivity index (χ2n) is 5.31. The molecule has 0 amide bonds. The molecule has 0 atom stereocenters. The minimum atomic E-state index is -3.50. The van der Waals surface area contributed by atoms with Gasteiger partial charge in [0.15, 0.2) is 0 Å². The molecule has 0 unspecified atom stereocenters. The topological polar surface area (TPSA) is 124 Å². The summed E-state index contributed by atoms with van der Waals surface area (Å²) in [5, 5.41) is 17.2. The highest BCUT2D eigenvalue weighted by Crippen LogP contribution is 2.08. The van der Waals surface area contributed by atoms with Crippen LogP contribution in [-0.2, 0) is 23.1 Å². The molecule has 0 fully saturated rings. The zero-order valence-electron chi connectivity index (χ0n) is 14.4. The molecule has 2 heterocycles. The number of hydrogen-bond donors (Lipinski definition) is 3. The summed E-state index contributed by atoms with van der Waals surface area (Å²) in [5.74, 6) is 1.30. The lowest BCUT2D eigenvalue weighted by molar-refractivity contribution is 0.298. The van der Waals surface area contributed by atoms with Crippen molar-refractivity contribution < 1.29 is 18.6 Å². The third kappa shape index (κ3) is 5.41. The molecule has 0 aromatic carbocycles. The summed E-state index contributed by atoms with van der Waals surface area (Å²) in [6.07, 6.45) is 4.20. The molecule has 24 heavy (non-hydrogen) atoms. The normalized spacial score (nSPS) is 11.5. The molecule has 0 aliphatic heterocycles. The predicted molar refractivity (Wildman–Crippen MR) is 89.9 cm³/mol. The number of nitrogens with zero attached hydrogens (tertiary/aromatic N) is 4. The first-order chi connectivity index (χ1) is 11.2. The van der Waals surface area contributed by atoms with Gasteiger partial charge in [-0.1, -0.05) is 0 Å². The van der Waals surface area contributed by atoms with Gasteiger partial charge in [-0.2, -0.15) is 12.7 Å². The monoisotopic (exact) mass is 359 g/mol. The Morgan fingerprint density at radius 1 is 1.21 bits per heavy atom. The van der Waals surface area contributed by atoms with Gasteiger partial charge in [-0.05, 0) is 13.8 Å². The van der Waals surface area contributed by atoms with E-state index in [2.05, 4.69) is 15.0 Å². The van der Waals surface area contributed by atoms with Crippen LogP contribution in [0.25, 0.3) is 0 Å². The van der Waals surface area contributed by atoms with Crippen LogP contribution >= 0.6 is 0 Å². The highest BCUT2D eigenvalue weighted by atomic mass is 32.2. The molecule has 0 saturated carbocycles. The molecule has 2 aromatic rings. The third-order valence-electron chi connectivity index (χ3n) is 3.11. The Morgan fingerprint density at radius 2 is 1.83 bits per heavy atom. The Kier molecular flexibility index (Phi) is 7.55. The van der Waals surface area contributed by atoms with Gasteiger partial charge in [-0.3, -0.25) is 0 Å². The van der Waals surface area contributed by atoms with Crippen LogP contribution in [0, 0.1) is 13.8 Å². The summed E-state index contributed by atoms with van der Waals surface area (Å²) in [6, 6.07) is 0. The fourth-order valence-corrected chi connectivity index (χ4v) is 2.86. The quantitative estimate of drug-likeness (QED) is 0.647. The molecule has 9 nitrogen and oxygen atoms in total. The highest BCUT2D eigenvalue weighted by Gasteiger charge is 2.19. The lowest BCUT2D eigenvalue weighted by Crippen LogP contribution is -2.29. The van der Waals surface area contributed by atoms with Crippen molar-refractivity contribution in [2.75, 3.05) is 27.3 Å². The Labute approximate surface area is 142 Å². The van der Waals surface area contributed by atoms with E-state index in [1.807, 2.05) is 6.92 Å². The van der Waals surface area contributed by atoms with Gasteiger partial charge >= 0.3 is 10.2 Å². The van der Waals surface area contributed by atoms with Gasteiger partial charge in [0.25, 0.3) is 0 Å². The van der Waals surface area contributed by atoms with Gasteiger partial charge in [0.2, 0.25) is 0 Å². The first-order valence-electron chi connectivity index (χ1n) is 7.42. The van der Waals surface area contributed by atoms with Gasteiger partial charge in [0.1, 0.15) is 11.6 Å². The van der Waals surface area contributed by atoms with Crippen molar-refractivity contribution in [3.8, 4) is 0 Å². The van der Waals surface area contributed by atoms with Gasteiger partial charge in [-0.25, -0.2) is 13.9 Å². The SMILES string of the molecule is Cc1nc(CCO)cn1S(=O)(=O)N(C)C.Cc1ncc(CCO)[nH]1. The van der Waals surface area contributed by atoms with Crippen molar-refractivity contribution in [1.82, 2.24) is 23.2 Å². The molecule has 0 bridgehead atoms. The van der Waals surface area contributed by atoms with Crippen molar-refractivity contribution in [1.29, 1.82) is 0 Å². The van der Waals surface area contributed by atoms with Crippen LogP contribution in [0.5, 0.6) is 0 Å². The van der Waals surface area contributed by atoms with Crippen LogP contribution in [0.4, 0.5) is 0 Å². The minimum absolute atomic E-state index is 0.0432. The zero-order valence-corrected chi connectivity index (χ0v) is 15.2. The summed E-state index contributed by atoms with van der Waals surface area (Å²) in [5.41, 5.74) is 1.57. The lowest BCUT2D eigenvalue weighted by Gasteiger charge is -2.12. The van der Waals surface area contributed by atoms with E-state index in [4.69, 9.17) is 10.2 Å². The Morgan fingerprint density at radius 3 is 2.29 bits per heavy atom. The minimum Gasteiger partial charge on any atom is -0.396 e. The summed E-state index contributed by atoms with van der Waals surface area (Å²) in [7, 11) is -0.582. The maximum atomic E-state index is 11.8. The van der Waals surface area contributed by atoms with Crippen LogP contribution in [-0.4, -0.2) is 69.2 Å². The molecule has 0 aliphatic carbocycles. The van der Waals surface area contributed by atoms with E-state index in [0.717, 1.165) is 19.8 Å². The summed E-state index contributed by atoms with van der Waals surface area (Å²) in [4.78, 5) is 11.0. The molecule has 0 spiro atoms. The molecule has 136 valence electrons. The summed E-state index contributed by atoms with van der Waals surface area (Å²) >= 11 is 0. The number of imidazole rings is 2. The summed E-state index contributed by atoms with van der Waals surface area (Å²) < 4.78 is 25.7. The van der Waals surface area contributed by atoms with Crippen LogP contribution in [0.15, 0.2) is 12.4 Å². The summed E-state index contributed by atoms with van der Waals surface area (Å²) in [6.45, 7) is 3.64. The van der Waals surface area contributed by atoms with Crippen LogP contribution in [0.3, 0.4) is 0 Å². The van der Waals surface area contributed by atoms with Gasteiger partial charge in [0.05, 0.1) is 5.69 Å². The predicted octanol–water partition coefficient (Wildman–Crippen LogP) is -0.366. The molecule has 2 aromatic heterocycles. The van der Waals surface area contributed by atoms with E-state index in [-0.39, 0.29) is 13.2 Å². The van der Waals surface area contributed by atoms with E-state index in [1.165, 1.54) is 20.3 Å². The van der Waals surface area contributed by atoms with Crippen molar-refractivity contribution in [2.45, 2.75) is 26.7 Å². The van der Waals surface area contributed by atoms with Crippen LogP contribution < -0.4 is 0 Å². The van der Waals surface area contributed by atoms with Gasteiger partial charge in [0, 0.05) is 58.2 Å². The number of aliphatic hydroxyl groups is 2. The molecule has 0 saturated heterocycles. The highest BCUT2D eigenvalue weighted by molar-refractivity contribution is 7.87. The second kappa shape index (κ2) is 8.92. The standard InChI is InChI=1S/C8H15N3O3S.C6H10N2O/c1-7-9-8(4-5-12)6-11(7)15(13,14)10(2)3;1-5-7-4-6(8-5)2-3-9/h6,12H,4-5H2,1-3H3;4,9H,2-3H2,1H3,(H,7,8). The average molecular weight is 359 g/mol. The fourth-order valence-electron chi connectivity index (χ4n) is 1.88. The number of hydrogen-bond acceptors (Lipinski definition) is 6. The molecule has 3 N–H and O–H groups in total. The number of aromatic amines is 1. The van der Waals surface area contributed by atoms with E-state index < -0.39 is 10.2 Å². The molecule has 10 heteroatoms. The zero-order chi connectivity index (χ0) is 18.3. The molecule has 0 radical (unpaired) electrons. The van der Waals surface area contributed by atoms with Crippen molar-refractivity contribution in [2.24, 2.45) is 0 Å². The van der Waals surface area contributed by atoms with Crippen LogP contribution in [0.2, 0.25) is 0 Å². The molecular weight excluding hydrogens is 334 g/mol. The largest absolute Gasteiger partial charge is 0.396 e. The third-order valence-corrected chi connectivity index (χ3v) is 4.89. The lowest BCUT2D eigenvalue weighted by atomic mass is 10.4. The van der Waals surface area contributed by atoms with E-state index in [0.29, 0.717) is 24.4 Å². The first kappa shape index (κ1) is 20.3. The van der Waals surface area contributed by atoms with E-state index >= 15 is 0 Å². The van der Waals surface area contributed by atoms with E-state index in [9.17, 15) is 8.42 Å². The van der Waals surface area contributed by atoms with Crippen molar-refractivity contribution in [3.05, 3.63) is 35.4 Å². The molecule has 2 rings (SSSR count). The van der Waals surface area contributed by atoms with Crippen LogP contribution in [0.1, 0.15) is 23.0 Å². The van der Waals surface area contributed by atoms with E-state index in [1.54, 1.807) is 13.1 Å². The first-order valence-corrected chi connectivity index (χ1v) is 8.82. The Hall–Kier alpha value is -1.75. The number of rotatable bonds is 6. The number of aromatic nitrogens is 4. The van der Waals surface area contributed by atoms with Crippen molar-refractivity contribution in [3.63, 3.8) is 0 Å². The van der Waals surface area contributed by atoms with Gasteiger partial charge in [-0.15, -0.1) is 0 Å². The number of aryl methyl sites for hydroxylation is 2. The van der Waals surface area contributed by atoms with Gasteiger partial charge < -0.3 is 15.2 Å². The number of H-pyrrole nitrogens is 1. The molecular formula is C14H25N5O4S. The van der Waals surface area contributed by atoms with Crippen molar-refractivity contribution >= 4 is 10.2 Å². The Balaban J connectivity index is 0.000000272. The smallest absolute Gasteiger partial charge is 0.308 e. The Bertz CT molecular complexity index is 736. The number of aliphatic hydroxyl groups excluding tert-OH is 2.